The first kappa shape index (κ1) is 26.8. The Morgan fingerprint density at radius 3 is 2.86 bits per heavy atom. The van der Waals surface area contributed by atoms with Gasteiger partial charge in [-0.3, -0.25) is 4.90 Å². The Morgan fingerprint density at radius 2 is 2.02 bits per heavy atom. The summed E-state index contributed by atoms with van der Waals surface area (Å²) >= 11 is 0. The highest BCUT2D eigenvalue weighted by Crippen LogP contribution is 2.45. The summed E-state index contributed by atoms with van der Waals surface area (Å²) in [7, 11) is 0. The second-order valence-corrected chi connectivity index (χ2v) is 12.5. The van der Waals surface area contributed by atoms with Gasteiger partial charge in [0.05, 0.1) is 23.3 Å². The van der Waals surface area contributed by atoms with Gasteiger partial charge in [0.15, 0.2) is 5.82 Å². The van der Waals surface area contributed by atoms with E-state index in [0.717, 1.165) is 32.2 Å². The number of nitrogens with zero attached hydrogens (tertiary/aromatic N) is 4. The molecule has 43 heavy (non-hydrogen) atoms. The highest BCUT2D eigenvalue weighted by atomic mass is 19.1. The van der Waals surface area contributed by atoms with Crippen molar-refractivity contribution in [1.29, 1.82) is 0 Å². The standard InChI is InChI=1S/C32H32F2N4O5/c1-18-26-25(29(40)43-27(18)22-13-21(39)12-19-4-2-5-23(34)24(19)22)28(37-10-11-42-32(16-37)7-8-32)36-30(35-26)41-17-31-6-3-9-38(31)15-20(33)14-31/h2,4-5,12-13,20,39H,3,6-11,14-17H2,1H3/t20-,31+/m1/s1. The lowest BCUT2D eigenvalue weighted by Gasteiger charge is -2.34. The molecule has 0 bridgehead atoms. The number of phenolic OH excluding ortho intramolecular Hbond substituents is 1. The summed E-state index contributed by atoms with van der Waals surface area (Å²) in [6.45, 7) is 4.82. The van der Waals surface area contributed by atoms with E-state index in [-0.39, 0.29) is 46.1 Å². The number of anilines is 1. The van der Waals surface area contributed by atoms with Crippen molar-refractivity contribution in [2.45, 2.75) is 56.3 Å². The number of hydrogen-bond acceptors (Lipinski definition) is 9. The summed E-state index contributed by atoms with van der Waals surface area (Å²) in [6, 6.07) is 7.52. The lowest BCUT2D eigenvalue weighted by Crippen LogP contribution is -2.45. The summed E-state index contributed by atoms with van der Waals surface area (Å²) in [5.74, 6) is -0.0844. The molecule has 4 aliphatic rings. The number of halogens is 2. The number of aromatic nitrogens is 2. The van der Waals surface area contributed by atoms with Gasteiger partial charge in [0, 0.05) is 42.6 Å². The van der Waals surface area contributed by atoms with Crippen molar-refractivity contribution in [1.82, 2.24) is 14.9 Å². The van der Waals surface area contributed by atoms with Crippen LogP contribution in [0.25, 0.3) is 33.0 Å². The molecule has 3 aliphatic heterocycles. The Morgan fingerprint density at radius 1 is 1.16 bits per heavy atom. The van der Waals surface area contributed by atoms with Gasteiger partial charge in [-0.2, -0.15) is 9.97 Å². The number of aryl methyl sites for hydroxylation is 1. The van der Waals surface area contributed by atoms with E-state index in [0.29, 0.717) is 54.9 Å². The van der Waals surface area contributed by atoms with Gasteiger partial charge in [-0.15, -0.1) is 0 Å². The molecule has 8 rings (SSSR count). The third kappa shape index (κ3) is 4.35. The number of alkyl halides is 1. The van der Waals surface area contributed by atoms with Gasteiger partial charge in [0.1, 0.15) is 35.5 Å². The molecule has 0 amide bonds. The summed E-state index contributed by atoms with van der Waals surface area (Å²) in [6.07, 6.45) is 3.20. The molecule has 2 aromatic carbocycles. The summed E-state index contributed by atoms with van der Waals surface area (Å²) in [5, 5.41) is 11.4. The molecular formula is C32H32F2N4O5. The van der Waals surface area contributed by atoms with Gasteiger partial charge in [0.25, 0.3) is 0 Å². The molecule has 0 unspecified atom stereocenters. The molecular weight excluding hydrogens is 558 g/mol. The maximum Gasteiger partial charge on any atom is 0.349 e. The Hall–Kier alpha value is -3.83. The number of phenols is 1. The molecule has 1 saturated carbocycles. The first-order chi connectivity index (χ1) is 20.7. The quantitative estimate of drug-likeness (QED) is 0.349. The average molecular weight is 591 g/mol. The van der Waals surface area contributed by atoms with Crippen LogP contribution in [0.15, 0.2) is 39.5 Å². The van der Waals surface area contributed by atoms with Crippen LogP contribution in [0, 0.1) is 12.7 Å². The fourth-order valence-electron chi connectivity index (χ4n) is 7.43. The monoisotopic (exact) mass is 590 g/mol. The molecule has 4 fully saturated rings. The Kier molecular flexibility index (Phi) is 5.97. The zero-order valence-electron chi connectivity index (χ0n) is 23.9. The van der Waals surface area contributed by atoms with E-state index in [4.69, 9.17) is 23.9 Å². The minimum atomic E-state index is -0.896. The van der Waals surface area contributed by atoms with E-state index in [1.165, 1.54) is 18.2 Å². The molecule has 11 heteroatoms. The van der Waals surface area contributed by atoms with Crippen LogP contribution in [0.4, 0.5) is 14.6 Å². The normalized spacial score (nSPS) is 24.7. The second-order valence-electron chi connectivity index (χ2n) is 12.5. The maximum absolute atomic E-state index is 15.1. The molecule has 2 aromatic heterocycles. The number of aromatic hydroxyl groups is 1. The lowest BCUT2D eigenvalue weighted by atomic mass is 9.95. The van der Waals surface area contributed by atoms with Crippen molar-refractivity contribution in [2.24, 2.45) is 0 Å². The van der Waals surface area contributed by atoms with Crippen LogP contribution >= 0.6 is 0 Å². The topological polar surface area (TPSA) is 101 Å². The van der Waals surface area contributed by atoms with Gasteiger partial charge in [-0.05, 0) is 62.7 Å². The molecule has 3 saturated heterocycles. The molecule has 4 aromatic rings. The first-order valence-electron chi connectivity index (χ1n) is 14.9. The highest BCUT2D eigenvalue weighted by molar-refractivity contribution is 6.00. The third-order valence-electron chi connectivity index (χ3n) is 9.71. The maximum atomic E-state index is 15.1. The van der Waals surface area contributed by atoms with E-state index in [2.05, 4.69) is 4.90 Å². The van der Waals surface area contributed by atoms with Crippen LogP contribution in [-0.4, -0.2) is 76.7 Å². The van der Waals surface area contributed by atoms with E-state index in [9.17, 15) is 14.3 Å². The number of morpholine rings is 1. The predicted molar refractivity (Wildman–Crippen MR) is 156 cm³/mol. The van der Waals surface area contributed by atoms with Gasteiger partial charge in [-0.1, -0.05) is 12.1 Å². The number of benzene rings is 2. The third-order valence-corrected chi connectivity index (χ3v) is 9.71. The van der Waals surface area contributed by atoms with Crippen molar-refractivity contribution in [2.75, 3.05) is 44.3 Å². The fourth-order valence-corrected chi connectivity index (χ4v) is 7.43. The Bertz CT molecular complexity index is 1840. The van der Waals surface area contributed by atoms with Crippen LogP contribution < -0.4 is 15.3 Å². The molecule has 1 aliphatic carbocycles. The number of rotatable bonds is 5. The zero-order valence-corrected chi connectivity index (χ0v) is 23.9. The SMILES string of the molecule is Cc1c(-c2cc(O)cc3cccc(F)c23)oc(=O)c2c(N3CCOC4(CC4)C3)nc(OC[C@@]34CCCN3C[C@H](F)C4)nc12. The summed E-state index contributed by atoms with van der Waals surface area (Å²) in [4.78, 5) is 27.5. The zero-order chi connectivity index (χ0) is 29.5. The van der Waals surface area contributed by atoms with Gasteiger partial charge in [0.2, 0.25) is 0 Å². The van der Waals surface area contributed by atoms with E-state index in [1.807, 2.05) is 4.90 Å². The highest BCUT2D eigenvalue weighted by Gasteiger charge is 2.50. The number of hydrogen-bond donors (Lipinski definition) is 1. The van der Waals surface area contributed by atoms with Gasteiger partial charge in [-0.25, -0.2) is 13.6 Å². The van der Waals surface area contributed by atoms with Crippen molar-refractivity contribution < 1.29 is 27.8 Å². The van der Waals surface area contributed by atoms with Crippen molar-refractivity contribution in [3.63, 3.8) is 0 Å². The summed E-state index contributed by atoms with van der Waals surface area (Å²) < 4.78 is 47.8. The van der Waals surface area contributed by atoms with Crippen molar-refractivity contribution in [3.8, 4) is 23.1 Å². The number of fused-ring (bicyclic) bond motifs is 3. The predicted octanol–water partition coefficient (Wildman–Crippen LogP) is 4.88. The Labute approximate surface area is 246 Å². The van der Waals surface area contributed by atoms with Crippen molar-refractivity contribution >= 4 is 27.5 Å². The minimum absolute atomic E-state index is 0.0891. The lowest BCUT2D eigenvalue weighted by molar-refractivity contribution is 0.0204. The fraction of sp³-hybridized carbons (Fsp3) is 0.469. The van der Waals surface area contributed by atoms with E-state index >= 15 is 4.39 Å². The van der Waals surface area contributed by atoms with Crippen LogP contribution in [-0.2, 0) is 4.74 Å². The second kappa shape index (κ2) is 9.59. The molecule has 2 atom stereocenters. The van der Waals surface area contributed by atoms with Crippen LogP contribution in [0.3, 0.4) is 0 Å². The van der Waals surface area contributed by atoms with Gasteiger partial charge >= 0.3 is 11.6 Å². The molecule has 0 radical (unpaired) electrons. The van der Waals surface area contributed by atoms with Crippen LogP contribution in [0.2, 0.25) is 0 Å². The molecule has 1 spiro atoms. The Balaban J connectivity index is 1.29. The summed E-state index contributed by atoms with van der Waals surface area (Å²) in [5.41, 5.74) is -0.256. The van der Waals surface area contributed by atoms with Crippen LogP contribution in [0.5, 0.6) is 11.8 Å². The van der Waals surface area contributed by atoms with E-state index in [1.54, 1.807) is 19.1 Å². The average Bonchev–Trinajstić information content (AvgIpc) is 3.48. The largest absolute Gasteiger partial charge is 0.508 e. The molecule has 5 heterocycles. The molecule has 224 valence electrons. The van der Waals surface area contributed by atoms with E-state index < -0.39 is 23.2 Å². The molecule has 9 nitrogen and oxygen atoms in total. The minimum Gasteiger partial charge on any atom is -0.508 e. The van der Waals surface area contributed by atoms with Gasteiger partial charge < -0.3 is 23.9 Å². The smallest absolute Gasteiger partial charge is 0.349 e. The van der Waals surface area contributed by atoms with Crippen LogP contribution in [0.1, 0.15) is 37.7 Å². The van der Waals surface area contributed by atoms with Crippen molar-refractivity contribution in [3.05, 3.63) is 52.1 Å². The molecule has 1 N–H and O–H groups in total. The first-order valence-corrected chi connectivity index (χ1v) is 14.9. The number of ether oxygens (including phenoxy) is 2.